The minimum absolute atomic E-state index is 0.0339. The van der Waals surface area contributed by atoms with Crippen molar-refractivity contribution in [2.75, 3.05) is 0 Å². The van der Waals surface area contributed by atoms with Crippen LogP contribution >= 0.6 is 11.6 Å². The molecular weight excluding hydrogens is 458 g/mol. The lowest BCUT2D eigenvalue weighted by Crippen LogP contribution is -2.13. The smallest absolute Gasteiger partial charge is 0.123 e. The average molecular weight is 501 g/mol. The highest BCUT2D eigenvalue weighted by Crippen LogP contribution is 2.28. The molecule has 0 fully saturated rings. The number of benzene rings is 3. The van der Waals surface area contributed by atoms with Crippen molar-refractivity contribution in [2.45, 2.75) is 92.4 Å². The van der Waals surface area contributed by atoms with E-state index in [1.165, 1.54) is 34.9 Å². The van der Waals surface area contributed by atoms with E-state index in [0.29, 0.717) is 0 Å². The van der Waals surface area contributed by atoms with Crippen molar-refractivity contribution in [3.63, 3.8) is 0 Å². The molecule has 0 aliphatic heterocycles. The van der Waals surface area contributed by atoms with E-state index >= 15 is 0 Å². The number of aryl methyl sites for hydroxylation is 2. The molecule has 35 heavy (non-hydrogen) atoms. The Morgan fingerprint density at radius 2 is 0.914 bits per heavy atom. The third kappa shape index (κ3) is 10.5. The van der Waals surface area contributed by atoms with Gasteiger partial charge in [-0.25, -0.2) is 8.78 Å². The molecule has 3 rings (SSSR count). The Morgan fingerprint density at radius 1 is 0.514 bits per heavy atom. The minimum Gasteiger partial charge on any atom is -0.207 e. The summed E-state index contributed by atoms with van der Waals surface area (Å²) in [5, 5.41) is 0.825. The van der Waals surface area contributed by atoms with Crippen molar-refractivity contribution in [2.24, 2.45) is 0 Å². The average Bonchev–Trinajstić information content (AvgIpc) is 2.71. The van der Waals surface area contributed by atoms with Crippen LogP contribution in [0.25, 0.3) is 0 Å². The van der Waals surface area contributed by atoms with Gasteiger partial charge in [-0.05, 0) is 94.3 Å². The highest BCUT2D eigenvalue weighted by atomic mass is 35.5. The van der Waals surface area contributed by atoms with Gasteiger partial charge in [-0.3, -0.25) is 0 Å². The number of hydrogen-bond acceptors (Lipinski definition) is 0. The third-order valence-electron chi connectivity index (χ3n) is 5.73. The third-order valence-corrected chi connectivity index (χ3v) is 5.96. The first-order chi connectivity index (χ1) is 15.8. The fourth-order valence-corrected chi connectivity index (χ4v) is 3.93. The SMILES string of the molecule is CC(C)(C)c1ccc(F)cc1.Cc1ccc(Cl)cc1C(C)(C)C.Cc1ccc(F)cc1C(C)(C)C. The van der Waals surface area contributed by atoms with Gasteiger partial charge >= 0.3 is 0 Å². The summed E-state index contributed by atoms with van der Waals surface area (Å²) in [7, 11) is 0. The van der Waals surface area contributed by atoms with Gasteiger partial charge in [-0.15, -0.1) is 0 Å². The summed E-state index contributed by atoms with van der Waals surface area (Å²) in [6.07, 6.45) is 0. The van der Waals surface area contributed by atoms with E-state index in [9.17, 15) is 8.78 Å². The zero-order valence-corrected chi connectivity index (χ0v) is 24.2. The van der Waals surface area contributed by atoms with Gasteiger partial charge in [-0.1, -0.05) is 98.2 Å². The Kier molecular flexibility index (Phi) is 10.7. The van der Waals surface area contributed by atoms with Gasteiger partial charge in [0.1, 0.15) is 11.6 Å². The van der Waals surface area contributed by atoms with Crippen LogP contribution in [0, 0.1) is 25.5 Å². The van der Waals surface area contributed by atoms with E-state index < -0.39 is 0 Å². The van der Waals surface area contributed by atoms with Crippen LogP contribution in [0.15, 0.2) is 60.7 Å². The predicted molar refractivity (Wildman–Crippen MR) is 150 cm³/mol. The van der Waals surface area contributed by atoms with Crippen LogP contribution in [0.5, 0.6) is 0 Å². The molecule has 192 valence electrons. The topological polar surface area (TPSA) is 0 Å². The number of hydrogen-bond donors (Lipinski definition) is 0. The molecule has 0 aliphatic rings. The first kappa shape index (κ1) is 30.8. The van der Waals surface area contributed by atoms with E-state index in [1.54, 1.807) is 6.07 Å². The lowest BCUT2D eigenvalue weighted by molar-refractivity contribution is 0.568. The largest absolute Gasteiger partial charge is 0.207 e. The van der Waals surface area contributed by atoms with Crippen LogP contribution in [0.1, 0.15) is 90.1 Å². The lowest BCUT2D eigenvalue weighted by Gasteiger charge is -2.21. The van der Waals surface area contributed by atoms with Crippen molar-refractivity contribution in [1.29, 1.82) is 0 Å². The Labute approximate surface area is 217 Å². The molecule has 0 saturated carbocycles. The van der Waals surface area contributed by atoms with E-state index in [-0.39, 0.29) is 27.9 Å². The molecule has 0 radical (unpaired) electrons. The van der Waals surface area contributed by atoms with Gasteiger partial charge < -0.3 is 0 Å². The summed E-state index contributed by atoms with van der Waals surface area (Å²) in [5.74, 6) is -0.316. The second-order valence-corrected chi connectivity index (χ2v) is 12.6. The van der Waals surface area contributed by atoms with E-state index in [1.807, 2.05) is 31.2 Å². The van der Waals surface area contributed by atoms with Crippen LogP contribution in [0.3, 0.4) is 0 Å². The molecule has 0 spiro atoms. The monoisotopic (exact) mass is 500 g/mol. The zero-order chi connectivity index (χ0) is 27.2. The molecule has 0 atom stereocenters. The van der Waals surface area contributed by atoms with E-state index in [2.05, 4.69) is 81.4 Å². The summed E-state index contributed by atoms with van der Waals surface area (Å²) in [6, 6.07) is 17.7. The molecule has 0 saturated heterocycles. The van der Waals surface area contributed by atoms with Crippen LogP contribution in [0.4, 0.5) is 8.78 Å². The van der Waals surface area contributed by atoms with E-state index in [4.69, 9.17) is 11.6 Å². The molecule has 0 nitrogen and oxygen atoms in total. The molecule has 0 aromatic heterocycles. The maximum atomic E-state index is 12.9. The van der Waals surface area contributed by atoms with E-state index in [0.717, 1.165) is 16.1 Å². The molecule has 3 aromatic rings. The summed E-state index contributed by atoms with van der Waals surface area (Å²) in [6.45, 7) is 23.3. The summed E-state index contributed by atoms with van der Waals surface area (Å²) < 4.78 is 25.4. The van der Waals surface area contributed by atoms with Gasteiger partial charge in [0.15, 0.2) is 0 Å². The maximum Gasteiger partial charge on any atom is 0.123 e. The molecule has 0 unspecified atom stereocenters. The van der Waals surface area contributed by atoms with Gasteiger partial charge in [0.2, 0.25) is 0 Å². The summed E-state index contributed by atoms with van der Waals surface area (Å²) in [5.41, 5.74) is 6.39. The molecule has 0 aliphatic carbocycles. The zero-order valence-electron chi connectivity index (χ0n) is 23.4. The Morgan fingerprint density at radius 3 is 1.29 bits per heavy atom. The fraction of sp³-hybridized carbons (Fsp3) is 0.438. The van der Waals surface area contributed by atoms with Gasteiger partial charge in [0.25, 0.3) is 0 Å². The highest BCUT2D eigenvalue weighted by molar-refractivity contribution is 6.30. The molecule has 0 heterocycles. The second-order valence-electron chi connectivity index (χ2n) is 12.2. The lowest BCUT2D eigenvalue weighted by atomic mass is 9.84. The van der Waals surface area contributed by atoms with Gasteiger partial charge in [0.05, 0.1) is 0 Å². The van der Waals surface area contributed by atoms with Crippen LogP contribution in [-0.2, 0) is 16.2 Å². The Balaban J connectivity index is 0.000000263. The maximum absolute atomic E-state index is 12.9. The van der Waals surface area contributed by atoms with Gasteiger partial charge in [0, 0.05) is 5.02 Å². The molecule has 3 heteroatoms. The molecule has 0 bridgehead atoms. The standard InChI is InChI=1S/C11H15Cl.C11H15F.C10H13F/c2*1-8-5-6-9(12)7-10(8)11(2,3)4;1-10(2,3)8-4-6-9(11)7-5-8/h2*5-7H,1-4H3;4-7H,1-3H3. The first-order valence-electron chi connectivity index (χ1n) is 12.1. The van der Waals surface area contributed by atoms with Crippen molar-refractivity contribution < 1.29 is 8.78 Å². The van der Waals surface area contributed by atoms with Crippen molar-refractivity contribution in [1.82, 2.24) is 0 Å². The number of halogens is 3. The van der Waals surface area contributed by atoms with Crippen LogP contribution in [-0.4, -0.2) is 0 Å². The van der Waals surface area contributed by atoms with Crippen molar-refractivity contribution in [3.8, 4) is 0 Å². The molecule has 0 amide bonds. The van der Waals surface area contributed by atoms with Crippen LogP contribution in [0.2, 0.25) is 5.02 Å². The Hall–Kier alpha value is -2.19. The highest BCUT2D eigenvalue weighted by Gasteiger charge is 2.17. The second kappa shape index (κ2) is 12.2. The van der Waals surface area contributed by atoms with Crippen molar-refractivity contribution in [3.05, 3.63) is 105 Å². The molecular formula is C32H43ClF2. The predicted octanol–water partition coefficient (Wildman–Crippen LogP) is 10.5. The minimum atomic E-state index is -0.169. The summed E-state index contributed by atoms with van der Waals surface area (Å²) in [4.78, 5) is 0. The quantitative estimate of drug-likeness (QED) is 0.288. The number of rotatable bonds is 0. The van der Waals surface area contributed by atoms with Crippen molar-refractivity contribution >= 4 is 11.6 Å². The fourth-order valence-electron chi connectivity index (χ4n) is 3.75. The molecule has 3 aromatic carbocycles. The van der Waals surface area contributed by atoms with Crippen LogP contribution < -0.4 is 0 Å². The normalized spacial score (nSPS) is 11.7. The van der Waals surface area contributed by atoms with Gasteiger partial charge in [-0.2, -0.15) is 0 Å². The first-order valence-corrected chi connectivity index (χ1v) is 12.5. The summed E-state index contributed by atoms with van der Waals surface area (Å²) >= 11 is 5.92. The Bertz CT molecular complexity index is 1020. The molecule has 0 N–H and O–H groups in total.